The van der Waals surface area contributed by atoms with Crippen molar-refractivity contribution in [2.75, 3.05) is 13.2 Å². The smallest absolute Gasteiger partial charge is 0.295 e. The van der Waals surface area contributed by atoms with Crippen LogP contribution in [0.5, 0.6) is 11.5 Å². The summed E-state index contributed by atoms with van der Waals surface area (Å²) in [4.78, 5) is 27.8. The molecule has 0 spiro atoms. The van der Waals surface area contributed by atoms with Crippen LogP contribution in [-0.2, 0) is 16.0 Å². The van der Waals surface area contributed by atoms with Crippen LogP contribution in [0.2, 0.25) is 5.02 Å². The van der Waals surface area contributed by atoms with Crippen LogP contribution in [0.25, 0.3) is 5.76 Å². The Bertz CT molecular complexity index is 1260. The Morgan fingerprint density at radius 3 is 2.22 bits per heavy atom. The van der Waals surface area contributed by atoms with Gasteiger partial charge in [0.15, 0.2) is 0 Å². The van der Waals surface area contributed by atoms with Crippen LogP contribution in [0.1, 0.15) is 36.6 Å². The molecule has 1 saturated heterocycles. The summed E-state index contributed by atoms with van der Waals surface area (Å²) in [5.41, 5.74) is 1.99. The number of carbonyl (C=O) groups excluding carboxylic acids is 2. The van der Waals surface area contributed by atoms with Gasteiger partial charge in [-0.3, -0.25) is 9.59 Å². The van der Waals surface area contributed by atoms with Gasteiger partial charge in [-0.25, -0.2) is 0 Å². The van der Waals surface area contributed by atoms with Gasteiger partial charge in [-0.2, -0.15) is 0 Å². The number of amides is 1. The molecule has 1 unspecified atom stereocenters. The van der Waals surface area contributed by atoms with Crippen molar-refractivity contribution in [1.29, 1.82) is 0 Å². The predicted molar refractivity (Wildman–Crippen MR) is 139 cm³/mol. The molecule has 1 atom stereocenters. The van der Waals surface area contributed by atoms with Crippen LogP contribution in [0.15, 0.2) is 78.4 Å². The van der Waals surface area contributed by atoms with Crippen molar-refractivity contribution in [1.82, 2.24) is 4.90 Å². The normalized spacial score (nSPS) is 17.1. The topological polar surface area (TPSA) is 87.1 Å². The molecule has 0 aromatic heterocycles. The lowest BCUT2D eigenvalue weighted by atomic mass is 9.95. The lowest BCUT2D eigenvalue weighted by molar-refractivity contribution is -0.139. The standard InChI is InChI=1S/C29H28ClNO5/c1-18(2)17-36-24-13-7-21(8-14-24)27(33)25-26(20-5-11-23(32)12-6-20)31(29(35)28(25)34)16-15-19-3-9-22(30)10-4-19/h3-14,18,26,32-33H,15-17H2,1-2H3/b27-25-. The molecule has 0 radical (unpaired) electrons. The fraction of sp³-hybridized carbons (Fsp3) is 0.241. The third kappa shape index (κ3) is 5.55. The summed E-state index contributed by atoms with van der Waals surface area (Å²) < 4.78 is 5.71. The Morgan fingerprint density at radius 1 is 0.972 bits per heavy atom. The number of carbonyl (C=O) groups is 2. The minimum atomic E-state index is -0.797. The molecular formula is C29H28ClNO5. The number of aliphatic hydroxyl groups is 1. The molecule has 36 heavy (non-hydrogen) atoms. The number of nitrogens with zero attached hydrogens (tertiary/aromatic N) is 1. The van der Waals surface area contributed by atoms with Gasteiger partial charge in [-0.15, -0.1) is 0 Å². The van der Waals surface area contributed by atoms with Gasteiger partial charge in [0, 0.05) is 17.1 Å². The lowest BCUT2D eigenvalue weighted by Gasteiger charge is -2.25. The molecule has 2 N–H and O–H groups in total. The zero-order valence-electron chi connectivity index (χ0n) is 20.1. The molecule has 0 saturated carbocycles. The second-order valence-corrected chi connectivity index (χ2v) is 9.63. The number of likely N-dealkylation sites (tertiary alicyclic amines) is 1. The number of ether oxygens (including phenoxy) is 1. The van der Waals surface area contributed by atoms with Gasteiger partial charge in [0.05, 0.1) is 18.2 Å². The van der Waals surface area contributed by atoms with E-state index in [1.165, 1.54) is 17.0 Å². The molecule has 186 valence electrons. The number of hydrogen-bond donors (Lipinski definition) is 2. The molecule has 4 rings (SSSR count). The first-order chi connectivity index (χ1) is 17.2. The van der Waals surface area contributed by atoms with Crippen molar-refractivity contribution >= 4 is 29.1 Å². The SMILES string of the molecule is CC(C)COc1ccc(/C(O)=C2/C(=O)C(=O)N(CCc3ccc(Cl)cc3)C2c2ccc(O)cc2)cc1. The maximum absolute atomic E-state index is 13.2. The van der Waals surface area contributed by atoms with Crippen LogP contribution in [0.4, 0.5) is 0 Å². The summed E-state index contributed by atoms with van der Waals surface area (Å²) in [5.74, 6) is -0.599. The second kappa shape index (κ2) is 10.9. The van der Waals surface area contributed by atoms with E-state index in [-0.39, 0.29) is 23.6 Å². The average molecular weight is 506 g/mol. The highest BCUT2D eigenvalue weighted by atomic mass is 35.5. The van der Waals surface area contributed by atoms with Gasteiger partial charge in [0.2, 0.25) is 0 Å². The molecule has 3 aromatic carbocycles. The highest BCUT2D eigenvalue weighted by Gasteiger charge is 2.45. The molecule has 1 heterocycles. The van der Waals surface area contributed by atoms with E-state index in [0.717, 1.165) is 5.56 Å². The van der Waals surface area contributed by atoms with Gasteiger partial charge in [-0.1, -0.05) is 49.7 Å². The molecule has 1 aliphatic heterocycles. The summed E-state index contributed by atoms with van der Waals surface area (Å²) >= 11 is 5.98. The van der Waals surface area contributed by atoms with E-state index in [1.807, 2.05) is 12.1 Å². The van der Waals surface area contributed by atoms with Gasteiger partial charge in [0.1, 0.15) is 17.3 Å². The number of Topliss-reactive ketones (excluding diaryl/α,β-unsaturated/α-hetero) is 1. The summed E-state index contributed by atoms with van der Waals surface area (Å²) in [6.07, 6.45) is 0.501. The van der Waals surface area contributed by atoms with E-state index in [4.69, 9.17) is 16.3 Å². The van der Waals surface area contributed by atoms with Crippen molar-refractivity contribution < 1.29 is 24.5 Å². The van der Waals surface area contributed by atoms with E-state index in [1.54, 1.807) is 48.5 Å². The van der Waals surface area contributed by atoms with Crippen molar-refractivity contribution in [2.24, 2.45) is 5.92 Å². The first kappa shape index (κ1) is 25.3. The van der Waals surface area contributed by atoms with E-state index in [2.05, 4.69) is 13.8 Å². The summed E-state index contributed by atoms with van der Waals surface area (Å²) in [7, 11) is 0. The number of rotatable bonds is 8. The zero-order chi connectivity index (χ0) is 25.8. The van der Waals surface area contributed by atoms with Crippen molar-refractivity contribution in [2.45, 2.75) is 26.3 Å². The number of phenols is 1. The first-order valence-electron chi connectivity index (χ1n) is 11.8. The third-order valence-corrected chi connectivity index (χ3v) is 6.27. The fourth-order valence-electron chi connectivity index (χ4n) is 4.14. The van der Waals surface area contributed by atoms with Crippen LogP contribution >= 0.6 is 11.6 Å². The summed E-state index contributed by atoms with van der Waals surface area (Å²) in [6, 6.07) is 19.6. The molecule has 0 aliphatic carbocycles. The van der Waals surface area contributed by atoms with Gasteiger partial charge in [0.25, 0.3) is 11.7 Å². The molecular weight excluding hydrogens is 478 g/mol. The van der Waals surface area contributed by atoms with E-state index < -0.39 is 17.7 Å². The molecule has 1 fully saturated rings. The van der Waals surface area contributed by atoms with Gasteiger partial charge < -0.3 is 19.8 Å². The maximum Gasteiger partial charge on any atom is 0.295 e. The van der Waals surface area contributed by atoms with Crippen LogP contribution < -0.4 is 4.74 Å². The molecule has 0 bridgehead atoms. The van der Waals surface area contributed by atoms with E-state index in [0.29, 0.717) is 40.8 Å². The van der Waals surface area contributed by atoms with E-state index >= 15 is 0 Å². The van der Waals surface area contributed by atoms with Gasteiger partial charge >= 0.3 is 0 Å². The Hall–Kier alpha value is -3.77. The number of phenolic OH excluding ortho intramolecular Hbond substituents is 1. The molecule has 1 aliphatic rings. The number of ketones is 1. The highest BCUT2D eigenvalue weighted by Crippen LogP contribution is 2.40. The number of hydrogen-bond acceptors (Lipinski definition) is 5. The molecule has 6 nitrogen and oxygen atoms in total. The monoisotopic (exact) mass is 505 g/mol. The van der Waals surface area contributed by atoms with E-state index in [9.17, 15) is 19.8 Å². The minimum absolute atomic E-state index is 0.0117. The Morgan fingerprint density at radius 2 is 1.61 bits per heavy atom. The Kier molecular flexibility index (Phi) is 7.65. The predicted octanol–water partition coefficient (Wildman–Crippen LogP) is 5.74. The summed E-state index contributed by atoms with van der Waals surface area (Å²) in [6.45, 7) is 4.92. The molecule has 7 heteroatoms. The van der Waals surface area contributed by atoms with Crippen molar-refractivity contribution in [3.05, 3.63) is 100 Å². The van der Waals surface area contributed by atoms with Crippen molar-refractivity contribution in [3.63, 3.8) is 0 Å². The second-order valence-electron chi connectivity index (χ2n) is 9.19. The Labute approximate surface area is 215 Å². The number of benzene rings is 3. The quantitative estimate of drug-likeness (QED) is 0.231. The minimum Gasteiger partial charge on any atom is -0.508 e. The zero-order valence-corrected chi connectivity index (χ0v) is 20.9. The highest BCUT2D eigenvalue weighted by molar-refractivity contribution is 6.46. The first-order valence-corrected chi connectivity index (χ1v) is 12.2. The largest absolute Gasteiger partial charge is 0.508 e. The number of aliphatic hydroxyl groups excluding tert-OH is 1. The van der Waals surface area contributed by atoms with Crippen LogP contribution in [0.3, 0.4) is 0 Å². The average Bonchev–Trinajstić information content (AvgIpc) is 3.12. The fourth-order valence-corrected chi connectivity index (χ4v) is 4.27. The van der Waals surface area contributed by atoms with Gasteiger partial charge in [-0.05, 0) is 72.0 Å². The number of aromatic hydroxyl groups is 1. The Balaban J connectivity index is 1.69. The summed E-state index contributed by atoms with van der Waals surface area (Å²) in [5, 5.41) is 21.6. The lowest BCUT2D eigenvalue weighted by Crippen LogP contribution is -2.31. The maximum atomic E-state index is 13.2. The van der Waals surface area contributed by atoms with Crippen molar-refractivity contribution in [3.8, 4) is 11.5 Å². The molecule has 1 amide bonds. The third-order valence-electron chi connectivity index (χ3n) is 6.01. The molecule has 3 aromatic rings. The number of halogens is 1. The van der Waals surface area contributed by atoms with Crippen LogP contribution in [0, 0.1) is 5.92 Å². The van der Waals surface area contributed by atoms with Crippen LogP contribution in [-0.4, -0.2) is 40.0 Å².